The molecular formula is C28H23N3Si. The molecule has 0 radical (unpaired) electrons. The van der Waals surface area contributed by atoms with Gasteiger partial charge in [-0.1, -0.05) is 73.8 Å². The molecule has 1 aromatic heterocycles. The van der Waals surface area contributed by atoms with Gasteiger partial charge in [-0.15, -0.1) is 0 Å². The first-order valence-electron chi connectivity index (χ1n) is 10.9. The van der Waals surface area contributed by atoms with Crippen LogP contribution in [0.3, 0.4) is 0 Å². The lowest BCUT2D eigenvalue weighted by molar-refractivity contribution is 1.22. The third-order valence-corrected chi connectivity index (χ3v) is 10.1. The van der Waals surface area contributed by atoms with Gasteiger partial charge in [-0.05, 0) is 51.8 Å². The minimum Gasteiger partial charge on any atom is -0.311 e. The van der Waals surface area contributed by atoms with Crippen molar-refractivity contribution in [2.75, 3.05) is 4.90 Å². The van der Waals surface area contributed by atoms with Gasteiger partial charge in [-0.25, -0.2) is 9.97 Å². The van der Waals surface area contributed by atoms with Gasteiger partial charge in [0.2, 0.25) is 0 Å². The van der Waals surface area contributed by atoms with E-state index in [0.29, 0.717) is 0 Å². The molecule has 0 saturated heterocycles. The van der Waals surface area contributed by atoms with Crippen LogP contribution < -0.4 is 15.3 Å². The number of aromatic nitrogens is 2. The summed E-state index contributed by atoms with van der Waals surface area (Å²) in [6.07, 6.45) is 3.45. The second-order valence-electron chi connectivity index (χ2n) is 8.84. The molecule has 0 saturated carbocycles. The van der Waals surface area contributed by atoms with Crippen LogP contribution in [0.15, 0.2) is 104 Å². The highest BCUT2D eigenvalue weighted by molar-refractivity contribution is 7.02. The van der Waals surface area contributed by atoms with E-state index in [1.54, 1.807) is 6.33 Å². The van der Waals surface area contributed by atoms with Crippen LogP contribution in [0.2, 0.25) is 13.1 Å². The number of rotatable bonds is 2. The fraction of sp³-hybridized carbons (Fsp3) is 0.0714. The number of hydrogen-bond donors (Lipinski definition) is 0. The van der Waals surface area contributed by atoms with Crippen molar-refractivity contribution in [2.45, 2.75) is 13.1 Å². The van der Waals surface area contributed by atoms with Crippen LogP contribution in [0.4, 0.5) is 17.1 Å². The molecule has 0 bridgehead atoms. The van der Waals surface area contributed by atoms with Gasteiger partial charge in [0.15, 0.2) is 0 Å². The Morgan fingerprint density at radius 1 is 0.688 bits per heavy atom. The molecule has 0 fully saturated rings. The van der Waals surface area contributed by atoms with E-state index in [1.165, 1.54) is 33.0 Å². The molecule has 154 valence electrons. The second-order valence-corrected chi connectivity index (χ2v) is 13.2. The third kappa shape index (κ3) is 2.88. The van der Waals surface area contributed by atoms with Gasteiger partial charge in [-0.3, -0.25) is 0 Å². The van der Waals surface area contributed by atoms with Gasteiger partial charge >= 0.3 is 0 Å². The summed E-state index contributed by atoms with van der Waals surface area (Å²) in [6, 6.07) is 33.0. The minimum absolute atomic E-state index is 0.965. The number of fused-ring (bicyclic) bond motifs is 3. The standard InChI is InChI=1S/C28H23N3Si/c1-32(2)27-9-5-3-7-25(27)31(26-8-4-6-10-28(26)32)23-15-13-20(14-16-23)21-11-12-22-18-29-19-30-24(22)17-21/h3-19H,1-2H3. The number of para-hydroxylation sites is 2. The Balaban J connectivity index is 1.46. The van der Waals surface area contributed by atoms with E-state index in [0.717, 1.165) is 16.5 Å². The van der Waals surface area contributed by atoms with Crippen LogP contribution in [-0.2, 0) is 0 Å². The summed E-state index contributed by atoms with van der Waals surface area (Å²) < 4.78 is 0. The number of nitrogens with zero attached hydrogens (tertiary/aromatic N) is 3. The molecule has 0 spiro atoms. The van der Waals surface area contributed by atoms with Gasteiger partial charge in [0, 0.05) is 28.6 Å². The maximum atomic E-state index is 4.41. The molecular weight excluding hydrogens is 406 g/mol. The van der Waals surface area contributed by atoms with Gasteiger partial charge in [-0.2, -0.15) is 0 Å². The van der Waals surface area contributed by atoms with Gasteiger partial charge in [0.05, 0.1) is 5.52 Å². The highest BCUT2D eigenvalue weighted by atomic mass is 28.3. The molecule has 6 rings (SSSR count). The van der Waals surface area contributed by atoms with Crippen molar-refractivity contribution in [1.82, 2.24) is 9.97 Å². The molecule has 1 aliphatic heterocycles. The SMILES string of the molecule is C[Si]1(C)c2ccccc2N(c2ccc(-c3ccc4cncnc4c3)cc2)c2ccccc21. The lowest BCUT2D eigenvalue weighted by Gasteiger charge is -2.41. The first-order valence-corrected chi connectivity index (χ1v) is 13.9. The predicted molar refractivity (Wildman–Crippen MR) is 136 cm³/mol. The minimum atomic E-state index is -1.75. The van der Waals surface area contributed by atoms with Crippen molar-refractivity contribution in [3.63, 3.8) is 0 Å². The Bertz CT molecular complexity index is 1410. The molecule has 4 aromatic carbocycles. The first-order chi connectivity index (χ1) is 15.6. The Hall–Kier alpha value is -3.76. The summed E-state index contributed by atoms with van der Waals surface area (Å²) in [7, 11) is -1.75. The smallest absolute Gasteiger partial charge is 0.117 e. The van der Waals surface area contributed by atoms with Crippen LogP contribution in [0.5, 0.6) is 0 Å². The predicted octanol–water partition coefficient (Wildman–Crippen LogP) is 5.90. The van der Waals surface area contributed by atoms with Gasteiger partial charge in [0.25, 0.3) is 0 Å². The monoisotopic (exact) mass is 429 g/mol. The normalized spacial score (nSPS) is 14.1. The molecule has 32 heavy (non-hydrogen) atoms. The summed E-state index contributed by atoms with van der Waals surface area (Å²) in [5.41, 5.74) is 7.10. The quantitative estimate of drug-likeness (QED) is 0.327. The van der Waals surface area contributed by atoms with Crippen molar-refractivity contribution in [3.05, 3.63) is 104 Å². The summed E-state index contributed by atoms with van der Waals surface area (Å²) >= 11 is 0. The average molecular weight is 430 g/mol. The molecule has 1 aliphatic rings. The van der Waals surface area contributed by atoms with Crippen LogP contribution in [0.1, 0.15) is 0 Å². The van der Waals surface area contributed by atoms with Crippen molar-refractivity contribution in [2.24, 2.45) is 0 Å². The van der Waals surface area contributed by atoms with E-state index >= 15 is 0 Å². The second kappa shape index (κ2) is 7.14. The lowest BCUT2D eigenvalue weighted by atomic mass is 10.0. The molecule has 0 aliphatic carbocycles. The Morgan fingerprint density at radius 3 is 2.00 bits per heavy atom. The Labute approximate surface area is 189 Å². The molecule has 0 unspecified atom stereocenters. The highest BCUT2D eigenvalue weighted by Crippen LogP contribution is 2.38. The topological polar surface area (TPSA) is 29.0 Å². The average Bonchev–Trinajstić information content (AvgIpc) is 2.84. The maximum absolute atomic E-state index is 4.41. The van der Waals surface area contributed by atoms with Crippen LogP contribution in [0, 0.1) is 0 Å². The van der Waals surface area contributed by atoms with E-state index in [4.69, 9.17) is 0 Å². The summed E-state index contributed by atoms with van der Waals surface area (Å²) in [5, 5.41) is 4.02. The zero-order chi connectivity index (χ0) is 21.7. The molecule has 3 nitrogen and oxygen atoms in total. The molecule has 2 heterocycles. The summed E-state index contributed by atoms with van der Waals surface area (Å²) in [4.78, 5) is 10.9. The number of hydrogen-bond acceptors (Lipinski definition) is 3. The maximum Gasteiger partial charge on any atom is 0.117 e. The van der Waals surface area contributed by atoms with Crippen molar-refractivity contribution in [1.29, 1.82) is 0 Å². The Morgan fingerprint density at radius 2 is 1.31 bits per heavy atom. The largest absolute Gasteiger partial charge is 0.311 e. The Kier molecular flexibility index (Phi) is 4.23. The first kappa shape index (κ1) is 19.0. The lowest BCUT2D eigenvalue weighted by Crippen LogP contribution is -2.58. The summed E-state index contributed by atoms with van der Waals surface area (Å²) in [6.45, 7) is 4.91. The van der Waals surface area contributed by atoms with E-state index in [2.05, 4.69) is 119 Å². The van der Waals surface area contributed by atoms with Crippen LogP contribution in [-0.4, -0.2) is 18.0 Å². The fourth-order valence-electron chi connectivity index (χ4n) is 4.90. The third-order valence-electron chi connectivity index (χ3n) is 6.60. The zero-order valence-corrected chi connectivity index (χ0v) is 19.2. The number of benzene rings is 4. The van der Waals surface area contributed by atoms with Crippen molar-refractivity contribution < 1.29 is 0 Å². The zero-order valence-electron chi connectivity index (χ0n) is 18.2. The summed E-state index contributed by atoms with van der Waals surface area (Å²) in [5.74, 6) is 0. The van der Waals surface area contributed by atoms with E-state index < -0.39 is 8.07 Å². The molecule has 5 aromatic rings. The molecule has 0 N–H and O–H groups in total. The molecule has 0 amide bonds. The van der Waals surface area contributed by atoms with E-state index in [1.807, 2.05) is 6.20 Å². The van der Waals surface area contributed by atoms with Crippen molar-refractivity contribution >= 4 is 46.4 Å². The van der Waals surface area contributed by atoms with Crippen LogP contribution >= 0.6 is 0 Å². The fourth-order valence-corrected chi connectivity index (χ4v) is 7.89. The number of anilines is 3. The van der Waals surface area contributed by atoms with Crippen molar-refractivity contribution in [3.8, 4) is 11.1 Å². The molecule has 4 heteroatoms. The van der Waals surface area contributed by atoms with E-state index in [9.17, 15) is 0 Å². The van der Waals surface area contributed by atoms with Gasteiger partial charge < -0.3 is 4.90 Å². The highest BCUT2D eigenvalue weighted by Gasteiger charge is 2.37. The van der Waals surface area contributed by atoms with E-state index in [-0.39, 0.29) is 0 Å². The van der Waals surface area contributed by atoms with Crippen LogP contribution in [0.25, 0.3) is 22.0 Å². The van der Waals surface area contributed by atoms with Gasteiger partial charge in [0.1, 0.15) is 14.4 Å². The molecule has 0 atom stereocenters.